The lowest BCUT2D eigenvalue weighted by Crippen LogP contribution is -2.38. The first-order chi connectivity index (χ1) is 13.6. The van der Waals surface area contributed by atoms with Gasteiger partial charge in [0, 0.05) is 31.5 Å². The fourth-order valence-electron chi connectivity index (χ4n) is 4.07. The topological polar surface area (TPSA) is 65.5 Å². The molecule has 6 nitrogen and oxygen atoms in total. The Morgan fingerprint density at radius 3 is 2.82 bits per heavy atom. The number of thiophene rings is 1. The molecule has 28 heavy (non-hydrogen) atoms. The Kier molecular flexibility index (Phi) is 5.73. The molecular weight excluding hydrogens is 372 g/mol. The van der Waals surface area contributed by atoms with Crippen LogP contribution in [0.25, 0.3) is 0 Å². The monoisotopic (exact) mass is 398 g/mol. The van der Waals surface area contributed by atoms with E-state index >= 15 is 0 Å². The van der Waals surface area contributed by atoms with E-state index in [-0.39, 0.29) is 11.8 Å². The summed E-state index contributed by atoms with van der Waals surface area (Å²) in [5.74, 6) is 0.158. The van der Waals surface area contributed by atoms with E-state index in [9.17, 15) is 9.59 Å². The number of nitrogens with one attached hydrogen (secondary N) is 1. The molecule has 4 rings (SSSR count). The quantitative estimate of drug-likeness (QED) is 0.840. The summed E-state index contributed by atoms with van der Waals surface area (Å²) in [5.41, 5.74) is 4.39. The van der Waals surface area contributed by atoms with Crippen molar-refractivity contribution in [3.05, 3.63) is 51.0 Å². The Morgan fingerprint density at radius 2 is 2.07 bits per heavy atom. The second-order valence-corrected chi connectivity index (χ2v) is 8.49. The zero-order chi connectivity index (χ0) is 19.5. The number of likely N-dealkylation sites (tertiary alicyclic amines) is 1. The first kappa shape index (κ1) is 19.1. The largest absolute Gasteiger partial charge is 0.351 e. The Labute approximate surface area is 169 Å². The maximum absolute atomic E-state index is 12.7. The fraction of sp³-hybridized carbons (Fsp3) is 0.476. The molecule has 4 heterocycles. The van der Waals surface area contributed by atoms with Crippen molar-refractivity contribution >= 4 is 23.2 Å². The van der Waals surface area contributed by atoms with Gasteiger partial charge < -0.3 is 10.2 Å². The van der Waals surface area contributed by atoms with Crippen LogP contribution >= 0.6 is 11.3 Å². The Bertz CT molecular complexity index is 860. The van der Waals surface area contributed by atoms with Crippen LogP contribution in [0, 0.1) is 6.92 Å². The van der Waals surface area contributed by atoms with E-state index in [0.29, 0.717) is 26.2 Å². The summed E-state index contributed by atoms with van der Waals surface area (Å²) in [7, 11) is 0. The summed E-state index contributed by atoms with van der Waals surface area (Å²) in [4.78, 5) is 34.4. The first-order valence-electron chi connectivity index (χ1n) is 9.90. The highest BCUT2D eigenvalue weighted by molar-refractivity contribution is 7.12. The second kappa shape index (κ2) is 8.41. The summed E-state index contributed by atoms with van der Waals surface area (Å²) in [6.07, 6.45) is 5.05. The molecule has 7 heteroatoms. The maximum Gasteiger partial charge on any atom is 0.264 e. The van der Waals surface area contributed by atoms with Crippen LogP contribution in [-0.2, 0) is 24.3 Å². The van der Waals surface area contributed by atoms with Crippen LogP contribution in [0.15, 0.2) is 23.7 Å². The van der Waals surface area contributed by atoms with Gasteiger partial charge in [0.15, 0.2) is 0 Å². The average Bonchev–Trinajstić information content (AvgIpc) is 3.40. The maximum atomic E-state index is 12.7. The van der Waals surface area contributed by atoms with E-state index in [2.05, 4.69) is 15.2 Å². The summed E-state index contributed by atoms with van der Waals surface area (Å²) in [6, 6.07) is 3.78. The van der Waals surface area contributed by atoms with Gasteiger partial charge >= 0.3 is 0 Å². The number of hydrogen-bond acceptors (Lipinski definition) is 5. The van der Waals surface area contributed by atoms with Gasteiger partial charge in [0.1, 0.15) is 0 Å². The minimum atomic E-state index is 0.0733. The molecular formula is C21H26N4O2S. The third-order valence-electron chi connectivity index (χ3n) is 5.64. The van der Waals surface area contributed by atoms with E-state index < -0.39 is 0 Å². The molecule has 2 aliphatic rings. The summed E-state index contributed by atoms with van der Waals surface area (Å²) >= 11 is 1.48. The van der Waals surface area contributed by atoms with Crippen LogP contribution in [0.3, 0.4) is 0 Å². The van der Waals surface area contributed by atoms with Crippen molar-refractivity contribution in [2.24, 2.45) is 0 Å². The van der Waals surface area contributed by atoms with Gasteiger partial charge in [0.05, 0.1) is 11.4 Å². The lowest BCUT2D eigenvalue weighted by molar-refractivity contribution is -0.122. The van der Waals surface area contributed by atoms with Gasteiger partial charge in [0.25, 0.3) is 5.91 Å². The number of hydrogen-bond donors (Lipinski definition) is 1. The molecule has 0 atom stereocenters. The molecule has 0 unspecified atom stereocenters. The third kappa shape index (κ3) is 4.10. The van der Waals surface area contributed by atoms with Gasteiger partial charge in [-0.3, -0.25) is 19.5 Å². The van der Waals surface area contributed by atoms with Crippen molar-refractivity contribution in [3.63, 3.8) is 0 Å². The number of amides is 2. The Morgan fingerprint density at radius 1 is 1.25 bits per heavy atom. The van der Waals surface area contributed by atoms with E-state index in [4.69, 9.17) is 0 Å². The normalized spacial score (nSPS) is 16.8. The molecule has 1 N–H and O–H groups in total. The zero-order valence-electron chi connectivity index (χ0n) is 16.2. The smallest absolute Gasteiger partial charge is 0.264 e. The summed E-state index contributed by atoms with van der Waals surface area (Å²) < 4.78 is 0. The van der Waals surface area contributed by atoms with Crippen molar-refractivity contribution < 1.29 is 9.59 Å². The van der Waals surface area contributed by atoms with Gasteiger partial charge in [-0.1, -0.05) is 6.07 Å². The third-order valence-corrected chi connectivity index (χ3v) is 6.50. The molecule has 2 aromatic heterocycles. The Balaban J connectivity index is 1.43. The molecule has 2 aromatic rings. The summed E-state index contributed by atoms with van der Waals surface area (Å²) in [5, 5.41) is 5.00. The molecule has 2 amide bonds. The van der Waals surface area contributed by atoms with Crippen LogP contribution in [0.5, 0.6) is 0 Å². The molecule has 2 aliphatic heterocycles. The van der Waals surface area contributed by atoms with Gasteiger partial charge in [-0.2, -0.15) is 0 Å². The van der Waals surface area contributed by atoms with E-state index in [0.717, 1.165) is 41.2 Å². The number of aromatic nitrogens is 1. The van der Waals surface area contributed by atoms with Crippen molar-refractivity contribution in [3.8, 4) is 0 Å². The van der Waals surface area contributed by atoms with Crippen molar-refractivity contribution in [2.75, 3.05) is 26.2 Å². The van der Waals surface area contributed by atoms with Crippen LogP contribution in [0.2, 0.25) is 0 Å². The molecule has 0 saturated carbocycles. The zero-order valence-corrected chi connectivity index (χ0v) is 17.1. The van der Waals surface area contributed by atoms with E-state index in [1.54, 1.807) is 0 Å². The van der Waals surface area contributed by atoms with Crippen LogP contribution in [-0.4, -0.2) is 52.8 Å². The van der Waals surface area contributed by atoms with Crippen molar-refractivity contribution in [2.45, 2.75) is 39.3 Å². The lowest BCUT2D eigenvalue weighted by Gasteiger charge is -2.30. The average molecular weight is 399 g/mol. The number of rotatable bonds is 5. The standard InChI is InChI=1S/C21H26N4O2S/c1-15-18(12-23-20(26)14-24-7-2-3-8-24)17-6-9-25(13-16(17)11-22-15)21(27)19-5-4-10-28-19/h4-5,10-11H,2-3,6-9,12-14H2,1H3,(H,23,26). The van der Waals surface area contributed by atoms with Crippen LogP contribution in [0.4, 0.5) is 0 Å². The molecule has 1 fully saturated rings. The SMILES string of the molecule is Cc1ncc2c(c1CNC(=O)CN1CCCC1)CCN(C(=O)c1cccs1)C2. The highest BCUT2D eigenvalue weighted by atomic mass is 32.1. The van der Waals surface area contributed by atoms with Gasteiger partial charge in [-0.05, 0) is 67.4 Å². The minimum absolute atomic E-state index is 0.0733. The molecule has 0 spiro atoms. The number of pyridine rings is 1. The van der Waals surface area contributed by atoms with Gasteiger partial charge in [-0.25, -0.2) is 0 Å². The first-order valence-corrected chi connectivity index (χ1v) is 10.8. The predicted molar refractivity (Wildman–Crippen MR) is 109 cm³/mol. The number of fused-ring (bicyclic) bond motifs is 1. The fourth-order valence-corrected chi connectivity index (χ4v) is 4.76. The highest BCUT2D eigenvalue weighted by Crippen LogP contribution is 2.25. The number of aryl methyl sites for hydroxylation is 1. The molecule has 0 bridgehead atoms. The highest BCUT2D eigenvalue weighted by Gasteiger charge is 2.25. The molecule has 0 radical (unpaired) electrons. The Hall–Kier alpha value is -2.25. The van der Waals surface area contributed by atoms with Gasteiger partial charge in [-0.15, -0.1) is 11.3 Å². The minimum Gasteiger partial charge on any atom is -0.351 e. The second-order valence-electron chi connectivity index (χ2n) is 7.54. The number of carbonyl (C=O) groups is 2. The van der Waals surface area contributed by atoms with Crippen molar-refractivity contribution in [1.82, 2.24) is 20.1 Å². The summed E-state index contributed by atoms with van der Waals surface area (Å²) in [6.45, 7) is 6.28. The van der Waals surface area contributed by atoms with Crippen molar-refractivity contribution in [1.29, 1.82) is 0 Å². The number of nitrogens with zero attached hydrogens (tertiary/aromatic N) is 3. The van der Waals surface area contributed by atoms with E-state index in [1.807, 2.05) is 35.5 Å². The predicted octanol–water partition coefficient (Wildman–Crippen LogP) is 2.36. The van der Waals surface area contributed by atoms with Crippen LogP contribution < -0.4 is 5.32 Å². The molecule has 0 aromatic carbocycles. The molecule has 148 valence electrons. The number of carbonyl (C=O) groups excluding carboxylic acids is 2. The van der Waals surface area contributed by atoms with Gasteiger partial charge in [0.2, 0.25) is 5.91 Å². The molecule has 0 aliphatic carbocycles. The van der Waals surface area contributed by atoms with E-state index in [1.165, 1.54) is 29.7 Å². The molecule has 1 saturated heterocycles. The van der Waals surface area contributed by atoms with Crippen LogP contribution in [0.1, 0.15) is 44.9 Å². The lowest BCUT2D eigenvalue weighted by atomic mass is 9.94.